The van der Waals surface area contributed by atoms with Gasteiger partial charge in [-0.2, -0.15) is 5.10 Å². The lowest BCUT2D eigenvalue weighted by Gasteiger charge is -2.10. The number of para-hydroxylation sites is 1. The van der Waals surface area contributed by atoms with Crippen LogP contribution < -0.4 is 10.5 Å². The van der Waals surface area contributed by atoms with Crippen molar-refractivity contribution in [2.75, 3.05) is 0 Å². The molecule has 0 spiro atoms. The number of carbonyl (C=O) groups excluding carboxylic acids is 1. The number of benzene rings is 2. The Labute approximate surface area is 151 Å². The van der Waals surface area contributed by atoms with Crippen molar-refractivity contribution in [1.29, 1.82) is 0 Å². The Morgan fingerprint density at radius 2 is 2.08 bits per heavy atom. The SMILES string of the molecule is Cc1c(C(=O)N/N=C\c2cc(Cl)cc([N+](=O)[O-])c2[O-])oc2ccccc12. The zero-order valence-corrected chi connectivity index (χ0v) is 14.1. The van der Waals surface area contributed by atoms with Gasteiger partial charge in [-0.15, -0.1) is 0 Å². The fourth-order valence-corrected chi connectivity index (χ4v) is 2.65. The molecule has 0 saturated carbocycles. The highest BCUT2D eigenvalue weighted by molar-refractivity contribution is 6.31. The minimum absolute atomic E-state index is 0.0113. The molecule has 0 fully saturated rings. The molecule has 9 heteroatoms. The average molecular weight is 373 g/mol. The molecule has 0 atom stereocenters. The minimum Gasteiger partial charge on any atom is -0.867 e. The molecule has 3 aromatic rings. The molecule has 132 valence electrons. The van der Waals surface area contributed by atoms with E-state index in [-0.39, 0.29) is 16.3 Å². The number of carbonyl (C=O) groups is 1. The first-order valence-electron chi connectivity index (χ1n) is 7.35. The van der Waals surface area contributed by atoms with Crippen LogP contribution >= 0.6 is 11.6 Å². The summed E-state index contributed by atoms with van der Waals surface area (Å²) in [5.74, 6) is -1.38. The summed E-state index contributed by atoms with van der Waals surface area (Å²) in [6.07, 6.45) is 0.997. The molecule has 3 rings (SSSR count). The number of amides is 1. The number of fused-ring (bicyclic) bond motifs is 1. The Bertz CT molecular complexity index is 1060. The first-order valence-corrected chi connectivity index (χ1v) is 7.72. The smallest absolute Gasteiger partial charge is 0.307 e. The predicted octanol–water partition coefficient (Wildman–Crippen LogP) is 3.14. The molecule has 0 aliphatic rings. The molecule has 0 aliphatic heterocycles. The highest BCUT2D eigenvalue weighted by Gasteiger charge is 2.17. The molecule has 8 nitrogen and oxygen atoms in total. The maximum atomic E-state index is 12.2. The first kappa shape index (κ1) is 17.4. The predicted molar refractivity (Wildman–Crippen MR) is 93.6 cm³/mol. The van der Waals surface area contributed by atoms with Crippen LogP contribution in [0.2, 0.25) is 5.02 Å². The lowest BCUT2D eigenvalue weighted by Crippen LogP contribution is -2.18. The van der Waals surface area contributed by atoms with Crippen LogP contribution in [0, 0.1) is 17.0 Å². The number of nitro groups is 1. The van der Waals surface area contributed by atoms with Gasteiger partial charge in [0.25, 0.3) is 5.69 Å². The zero-order valence-electron chi connectivity index (χ0n) is 13.4. The van der Waals surface area contributed by atoms with E-state index in [1.54, 1.807) is 19.1 Å². The van der Waals surface area contributed by atoms with Crippen LogP contribution in [-0.4, -0.2) is 17.0 Å². The van der Waals surface area contributed by atoms with E-state index in [0.29, 0.717) is 11.1 Å². The number of halogens is 1. The van der Waals surface area contributed by atoms with Gasteiger partial charge in [0.2, 0.25) is 0 Å². The maximum Gasteiger partial charge on any atom is 0.307 e. The van der Waals surface area contributed by atoms with Crippen molar-refractivity contribution in [2.45, 2.75) is 6.92 Å². The summed E-state index contributed by atoms with van der Waals surface area (Å²) in [6.45, 7) is 1.74. The number of rotatable bonds is 4. The molecule has 1 heterocycles. The van der Waals surface area contributed by atoms with E-state index in [4.69, 9.17) is 16.0 Å². The third-order valence-corrected chi connectivity index (χ3v) is 3.90. The van der Waals surface area contributed by atoms with Crippen LogP contribution in [0.1, 0.15) is 21.7 Å². The number of nitro benzene ring substituents is 1. The van der Waals surface area contributed by atoms with E-state index in [9.17, 15) is 20.0 Å². The van der Waals surface area contributed by atoms with Gasteiger partial charge in [0.05, 0.1) is 11.1 Å². The van der Waals surface area contributed by atoms with Gasteiger partial charge >= 0.3 is 5.91 Å². The molecule has 1 aromatic heterocycles. The maximum absolute atomic E-state index is 12.2. The number of hydrogen-bond acceptors (Lipinski definition) is 6. The fraction of sp³-hybridized carbons (Fsp3) is 0.0588. The highest BCUT2D eigenvalue weighted by Crippen LogP contribution is 2.30. The summed E-state index contributed by atoms with van der Waals surface area (Å²) in [6, 6.07) is 9.34. The summed E-state index contributed by atoms with van der Waals surface area (Å²) in [4.78, 5) is 22.2. The molecule has 0 bridgehead atoms. The Morgan fingerprint density at radius 1 is 1.35 bits per heavy atom. The number of nitrogens with zero attached hydrogens (tertiary/aromatic N) is 2. The molecule has 1 N–H and O–H groups in total. The van der Waals surface area contributed by atoms with Gasteiger partial charge in [0, 0.05) is 22.0 Å². The second-order valence-corrected chi connectivity index (χ2v) is 5.79. The molecule has 1 amide bonds. The summed E-state index contributed by atoms with van der Waals surface area (Å²) >= 11 is 5.76. The normalized spacial score (nSPS) is 11.2. The van der Waals surface area contributed by atoms with Gasteiger partial charge in [0.1, 0.15) is 5.58 Å². The van der Waals surface area contributed by atoms with Gasteiger partial charge in [-0.25, -0.2) is 5.43 Å². The van der Waals surface area contributed by atoms with Crippen LogP contribution in [0.15, 0.2) is 45.9 Å². The van der Waals surface area contributed by atoms with Gasteiger partial charge in [-0.1, -0.05) is 29.8 Å². The Balaban J connectivity index is 1.83. The van der Waals surface area contributed by atoms with E-state index >= 15 is 0 Å². The third kappa shape index (κ3) is 3.22. The van der Waals surface area contributed by atoms with Crippen molar-refractivity contribution >= 4 is 40.4 Å². The van der Waals surface area contributed by atoms with Crippen molar-refractivity contribution in [3.63, 3.8) is 0 Å². The Morgan fingerprint density at radius 3 is 2.77 bits per heavy atom. The minimum atomic E-state index is -0.850. The number of nitrogens with one attached hydrogen (secondary N) is 1. The van der Waals surface area contributed by atoms with Gasteiger partial charge in [-0.3, -0.25) is 14.9 Å². The number of hydrazone groups is 1. The largest absolute Gasteiger partial charge is 0.867 e. The average Bonchev–Trinajstić information content (AvgIpc) is 2.94. The van der Waals surface area contributed by atoms with Crippen LogP contribution in [0.25, 0.3) is 11.0 Å². The third-order valence-electron chi connectivity index (χ3n) is 3.68. The Hall–Kier alpha value is -3.39. The summed E-state index contributed by atoms with van der Waals surface area (Å²) in [5, 5.41) is 27.3. The number of furan rings is 1. The van der Waals surface area contributed by atoms with E-state index in [1.807, 2.05) is 12.1 Å². The van der Waals surface area contributed by atoms with Crippen LogP contribution in [-0.2, 0) is 0 Å². The zero-order chi connectivity index (χ0) is 18.8. The van der Waals surface area contributed by atoms with Crippen LogP contribution in [0.5, 0.6) is 5.75 Å². The standard InChI is InChI=1S/C17H12ClN3O5/c1-9-12-4-2-3-5-14(12)26-16(9)17(23)20-19-8-10-6-11(18)7-13(15(10)22)21(24)25/h2-8,22H,1H3,(H,20,23)/p-1/b19-8-. The first-order chi connectivity index (χ1) is 12.4. The number of aryl methyl sites for hydroxylation is 1. The van der Waals surface area contributed by atoms with Gasteiger partial charge < -0.3 is 9.52 Å². The summed E-state index contributed by atoms with van der Waals surface area (Å²) < 4.78 is 5.50. The van der Waals surface area contributed by atoms with Crippen molar-refractivity contribution in [1.82, 2.24) is 5.43 Å². The lowest BCUT2D eigenvalue weighted by molar-refractivity contribution is -0.398. The molecule has 0 unspecified atom stereocenters. The van der Waals surface area contributed by atoms with Crippen LogP contribution in [0.3, 0.4) is 0 Å². The quantitative estimate of drug-likeness (QED) is 0.428. The van der Waals surface area contributed by atoms with E-state index in [1.165, 1.54) is 6.07 Å². The van der Waals surface area contributed by atoms with Crippen molar-refractivity contribution in [2.24, 2.45) is 5.10 Å². The number of hydrogen-bond donors (Lipinski definition) is 1. The molecule has 0 aliphatic carbocycles. The molecule has 0 radical (unpaired) electrons. The van der Waals surface area contributed by atoms with Crippen molar-refractivity contribution < 1.29 is 19.2 Å². The van der Waals surface area contributed by atoms with Gasteiger partial charge in [-0.05, 0) is 30.4 Å². The molecular formula is C17H11ClN3O5-. The molecule has 2 aromatic carbocycles. The highest BCUT2D eigenvalue weighted by atomic mass is 35.5. The van der Waals surface area contributed by atoms with E-state index in [0.717, 1.165) is 17.7 Å². The fourth-order valence-electron chi connectivity index (χ4n) is 2.43. The topological polar surface area (TPSA) is 121 Å². The van der Waals surface area contributed by atoms with Gasteiger partial charge in [0.15, 0.2) is 5.76 Å². The van der Waals surface area contributed by atoms with Crippen molar-refractivity contribution in [3.05, 3.63) is 68.4 Å². The molecule has 26 heavy (non-hydrogen) atoms. The second-order valence-electron chi connectivity index (χ2n) is 5.35. The molecular weight excluding hydrogens is 362 g/mol. The van der Waals surface area contributed by atoms with Crippen LogP contribution in [0.4, 0.5) is 5.69 Å². The monoisotopic (exact) mass is 372 g/mol. The second kappa shape index (κ2) is 6.85. The Kier molecular flexibility index (Phi) is 4.59. The lowest BCUT2D eigenvalue weighted by atomic mass is 10.1. The van der Waals surface area contributed by atoms with E-state index in [2.05, 4.69) is 10.5 Å². The molecule has 0 saturated heterocycles. The summed E-state index contributed by atoms with van der Waals surface area (Å²) in [7, 11) is 0. The van der Waals surface area contributed by atoms with Crippen molar-refractivity contribution in [3.8, 4) is 5.75 Å². The van der Waals surface area contributed by atoms with E-state index < -0.39 is 22.3 Å². The summed E-state index contributed by atoms with van der Waals surface area (Å²) in [5.41, 5.74) is 2.65.